The highest BCUT2D eigenvalue weighted by Crippen LogP contribution is 2.12. The zero-order valence-electron chi connectivity index (χ0n) is 10.6. The highest BCUT2D eigenvalue weighted by molar-refractivity contribution is 7.92. The Morgan fingerprint density at radius 2 is 1.79 bits per heavy atom. The molecule has 1 N–H and O–H groups in total. The highest BCUT2D eigenvalue weighted by Gasteiger charge is 2.28. The molecule has 104 valence electrons. The SMILES string of the molecule is CC(C(=O)c1ccccc1)S(=O)(=O)CCCC(=O)O. The van der Waals surface area contributed by atoms with Crippen LogP contribution in [0.5, 0.6) is 0 Å². The number of Topliss-reactive ketones (excluding diaryl/α,β-unsaturated/α-hetero) is 1. The van der Waals surface area contributed by atoms with Crippen LogP contribution in [0.4, 0.5) is 0 Å². The minimum absolute atomic E-state index is 0.0179. The van der Waals surface area contributed by atoms with Gasteiger partial charge in [-0.15, -0.1) is 0 Å². The van der Waals surface area contributed by atoms with E-state index in [0.29, 0.717) is 5.56 Å². The Labute approximate surface area is 112 Å². The van der Waals surface area contributed by atoms with E-state index in [1.807, 2.05) is 0 Å². The Kier molecular flexibility index (Phi) is 5.23. The van der Waals surface area contributed by atoms with E-state index in [0.717, 1.165) is 0 Å². The lowest BCUT2D eigenvalue weighted by molar-refractivity contribution is -0.137. The van der Waals surface area contributed by atoms with E-state index in [9.17, 15) is 18.0 Å². The Hall–Kier alpha value is -1.69. The van der Waals surface area contributed by atoms with Gasteiger partial charge in [0, 0.05) is 12.0 Å². The van der Waals surface area contributed by atoms with Crippen LogP contribution in [0.15, 0.2) is 30.3 Å². The molecule has 0 aromatic heterocycles. The molecule has 0 saturated carbocycles. The molecule has 1 aromatic carbocycles. The second kappa shape index (κ2) is 6.47. The molecule has 1 rings (SSSR count). The number of rotatable bonds is 7. The van der Waals surface area contributed by atoms with Gasteiger partial charge in [0.05, 0.1) is 5.75 Å². The molecule has 1 atom stereocenters. The third-order valence-corrected chi connectivity index (χ3v) is 4.93. The van der Waals surface area contributed by atoms with Crippen molar-refractivity contribution < 1.29 is 23.1 Å². The third kappa shape index (κ3) is 4.48. The second-order valence-corrected chi connectivity index (χ2v) is 6.68. The van der Waals surface area contributed by atoms with Gasteiger partial charge in [0.25, 0.3) is 0 Å². The van der Waals surface area contributed by atoms with Gasteiger partial charge >= 0.3 is 5.97 Å². The summed E-state index contributed by atoms with van der Waals surface area (Å²) in [6.07, 6.45) is -0.199. The van der Waals surface area contributed by atoms with E-state index in [1.54, 1.807) is 30.3 Å². The van der Waals surface area contributed by atoms with Gasteiger partial charge in [-0.1, -0.05) is 30.3 Å². The van der Waals surface area contributed by atoms with Crippen molar-refractivity contribution in [2.75, 3.05) is 5.75 Å². The molecule has 1 unspecified atom stereocenters. The van der Waals surface area contributed by atoms with Crippen LogP contribution in [0.25, 0.3) is 0 Å². The quantitative estimate of drug-likeness (QED) is 0.767. The van der Waals surface area contributed by atoms with Crippen molar-refractivity contribution in [3.8, 4) is 0 Å². The number of hydrogen-bond acceptors (Lipinski definition) is 4. The van der Waals surface area contributed by atoms with Gasteiger partial charge in [0.15, 0.2) is 15.6 Å². The van der Waals surface area contributed by atoms with Crippen LogP contribution < -0.4 is 0 Å². The van der Waals surface area contributed by atoms with Crippen LogP contribution in [0.2, 0.25) is 0 Å². The van der Waals surface area contributed by atoms with Gasteiger partial charge in [0.2, 0.25) is 0 Å². The molecule has 19 heavy (non-hydrogen) atoms. The van der Waals surface area contributed by atoms with Crippen LogP contribution in [0.1, 0.15) is 30.1 Å². The number of carbonyl (C=O) groups excluding carboxylic acids is 1. The number of carboxylic acids is 1. The van der Waals surface area contributed by atoms with E-state index in [1.165, 1.54) is 6.92 Å². The summed E-state index contributed by atoms with van der Waals surface area (Å²) in [5.41, 5.74) is 0.344. The average molecular weight is 284 g/mol. The average Bonchev–Trinajstić information content (AvgIpc) is 2.37. The molecular formula is C13H16O5S. The van der Waals surface area contributed by atoms with Gasteiger partial charge < -0.3 is 5.11 Å². The molecule has 6 heteroatoms. The second-order valence-electron chi connectivity index (χ2n) is 4.24. The maximum Gasteiger partial charge on any atom is 0.303 e. The van der Waals surface area contributed by atoms with Crippen molar-refractivity contribution in [3.05, 3.63) is 35.9 Å². The van der Waals surface area contributed by atoms with Crippen molar-refractivity contribution in [1.29, 1.82) is 0 Å². The van der Waals surface area contributed by atoms with Crippen LogP contribution in [0, 0.1) is 0 Å². The largest absolute Gasteiger partial charge is 0.481 e. The van der Waals surface area contributed by atoms with Gasteiger partial charge in [-0.25, -0.2) is 8.42 Å². The molecule has 0 aliphatic rings. The summed E-state index contributed by atoms with van der Waals surface area (Å²) in [6.45, 7) is 1.34. The summed E-state index contributed by atoms with van der Waals surface area (Å²) < 4.78 is 23.8. The maximum atomic E-state index is 12.0. The number of benzene rings is 1. The molecule has 0 saturated heterocycles. The standard InChI is InChI=1S/C13H16O5S/c1-10(13(16)11-6-3-2-4-7-11)19(17,18)9-5-8-12(14)15/h2-4,6-7,10H,5,8-9H2,1H3,(H,14,15). The smallest absolute Gasteiger partial charge is 0.303 e. The maximum absolute atomic E-state index is 12.0. The number of carbonyl (C=O) groups is 2. The fourth-order valence-electron chi connectivity index (χ4n) is 1.60. The fourth-order valence-corrected chi connectivity index (χ4v) is 2.96. The van der Waals surface area contributed by atoms with Crippen molar-refractivity contribution >= 4 is 21.6 Å². The van der Waals surface area contributed by atoms with Gasteiger partial charge in [0.1, 0.15) is 5.25 Å². The summed E-state index contributed by atoms with van der Waals surface area (Å²) >= 11 is 0. The van der Waals surface area contributed by atoms with E-state index < -0.39 is 26.8 Å². The molecular weight excluding hydrogens is 268 g/mol. The summed E-state index contributed by atoms with van der Waals surface area (Å²) in [5, 5.41) is 7.32. The first-order chi connectivity index (χ1) is 8.84. The lowest BCUT2D eigenvalue weighted by Crippen LogP contribution is -2.29. The number of carboxylic acid groups (broad SMARTS) is 1. The molecule has 0 aliphatic heterocycles. The van der Waals surface area contributed by atoms with Crippen LogP contribution in [-0.4, -0.2) is 36.3 Å². The molecule has 0 aliphatic carbocycles. The Morgan fingerprint density at radius 3 is 2.32 bits per heavy atom. The van der Waals surface area contributed by atoms with Crippen LogP contribution >= 0.6 is 0 Å². The zero-order valence-corrected chi connectivity index (χ0v) is 11.4. The van der Waals surface area contributed by atoms with Gasteiger partial charge in [-0.05, 0) is 13.3 Å². The molecule has 0 heterocycles. The summed E-state index contributed by atoms with van der Waals surface area (Å²) in [7, 11) is -3.62. The number of hydrogen-bond donors (Lipinski definition) is 1. The lowest BCUT2D eigenvalue weighted by Gasteiger charge is -2.11. The first-order valence-corrected chi connectivity index (χ1v) is 7.59. The minimum atomic E-state index is -3.62. The van der Waals surface area contributed by atoms with Crippen LogP contribution in [-0.2, 0) is 14.6 Å². The van der Waals surface area contributed by atoms with Crippen LogP contribution in [0.3, 0.4) is 0 Å². The predicted octanol–water partition coefficient (Wildman–Crippen LogP) is 1.54. The zero-order chi connectivity index (χ0) is 14.5. The normalized spacial score (nSPS) is 12.9. The van der Waals surface area contributed by atoms with Crippen molar-refractivity contribution in [3.63, 3.8) is 0 Å². The minimum Gasteiger partial charge on any atom is -0.481 e. The third-order valence-electron chi connectivity index (χ3n) is 2.79. The lowest BCUT2D eigenvalue weighted by atomic mass is 10.1. The summed E-state index contributed by atoms with van der Waals surface area (Å²) in [5.74, 6) is -1.80. The first-order valence-electron chi connectivity index (χ1n) is 5.87. The number of aliphatic carboxylic acids is 1. The Bertz CT molecular complexity index is 548. The summed E-state index contributed by atoms with van der Waals surface area (Å²) in [4.78, 5) is 22.3. The van der Waals surface area contributed by atoms with E-state index in [-0.39, 0.29) is 18.6 Å². The molecule has 0 spiro atoms. The molecule has 0 radical (unpaired) electrons. The summed E-state index contributed by atoms with van der Waals surface area (Å²) in [6, 6.07) is 8.19. The Balaban J connectivity index is 2.73. The topological polar surface area (TPSA) is 88.5 Å². The molecule has 0 bridgehead atoms. The molecule has 0 amide bonds. The van der Waals surface area contributed by atoms with Crippen molar-refractivity contribution in [1.82, 2.24) is 0 Å². The van der Waals surface area contributed by atoms with Gasteiger partial charge in [-0.3, -0.25) is 9.59 Å². The number of sulfone groups is 1. The monoisotopic (exact) mass is 284 g/mol. The van der Waals surface area contributed by atoms with E-state index >= 15 is 0 Å². The van der Waals surface area contributed by atoms with Crippen molar-refractivity contribution in [2.24, 2.45) is 0 Å². The first kappa shape index (κ1) is 15.4. The predicted molar refractivity (Wildman–Crippen MR) is 70.9 cm³/mol. The molecule has 1 aromatic rings. The molecule has 0 fully saturated rings. The molecule has 5 nitrogen and oxygen atoms in total. The number of ketones is 1. The fraction of sp³-hybridized carbons (Fsp3) is 0.385. The highest BCUT2D eigenvalue weighted by atomic mass is 32.2. The van der Waals surface area contributed by atoms with Crippen molar-refractivity contribution in [2.45, 2.75) is 25.0 Å². The van der Waals surface area contributed by atoms with E-state index in [4.69, 9.17) is 5.11 Å². The van der Waals surface area contributed by atoms with E-state index in [2.05, 4.69) is 0 Å². The Morgan fingerprint density at radius 1 is 1.21 bits per heavy atom. The van der Waals surface area contributed by atoms with Gasteiger partial charge in [-0.2, -0.15) is 0 Å².